The molecule has 0 fully saturated rings. The Kier molecular flexibility index (Phi) is 4.66. The third kappa shape index (κ3) is 3.33. The van der Waals surface area contributed by atoms with Crippen molar-refractivity contribution in [1.82, 2.24) is 20.3 Å². The molecule has 1 atom stereocenters. The van der Waals surface area contributed by atoms with Crippen LogP contribution in [0.1, 0.15) is 35.6 Å². The summed E-state index contributed by atoms with van der Waals surface area (Å²) in [6.07, 6.45) is 5.61. The molecule has 0 spiro atoms. The number of aromatic nitrogens is 3. The number of hydrogen-bond donors (Lipinski definition) is 1. The number of hydrogen-bond acceptors (Lipinski definition) is 5. The van der Waals surface area contributed by atoms with Gasteiger partial charge in [-0.25, -0.2) is 15.0 Å². The lowest BCUT2D eigenvalue weighted by molar-refractivity contribution is 0.0901. The summed E-state index contributed by atoms with van der Waals surface area (Å²) in [7, 11) is 0. The Hall–Kier alpha value is -2.60. The number of carbonyl (C=O) groups excluding carboxylic acids is 1. The minimum Gasteiger partial charge on any atom is -0.340 e. The molecule has 3 rings (SSSR count). The van der Waals surface area contributed by atoms with E-state index >= 15 is 0 Å². The lowest BCUT2D eigenvalue weighted by Gasteiger charge is -2.27. The van der Waals surface area contributed by atoms with E-state index in [1.165, 1.54) is 11.3 Å². The Balaban J connectivity index is 1.78. The molecule has 0 aliphatic heterocycles. The highest BCUT2D eigenvalue weighted by atomic mass is 32.1. The van der Waals surface area contributed by atoms with E-state index in [2.05, 4.69) is 20.3 Å². The highest BCUT2D eigenvalue weighted by Crippen LogP contribution is 2.26. The predicted molar refractivity (Wildman–Crippen MR) is 94.7 cm³/mol. The van der Waals surface area contributed by atoms with E-state index in [4.69, 9.17) is 0 Å². The molecule has 1 N–H and O–H groups in total. The fourth-order valence-electron chi connectivity index (χ4n) is 2.29. The summed E-state index contributed by atoms with van der Waals surface area (Å²) in [5.41, 5.74) is 0.861. The van der Waals surface area contributed by atoms with Crippen molar-refractivity contribution in [3.8, 4) is 11.4 Å². The minimum atomic E-state index is -0.497. The molecule has 0 saturated heterocycles. The van der Waals surface area contributed by atoms with Gasteiger partial charge in [0.05, 0.1) is 11.1 Å². The molecule has 2 heterocycles. The maximum atomic E-state index is 12.5. The Morgan fingerprint density at radius 3 is 2.46 bits per heavy atom. The standard InChI is InChI=1S/C18H18N4OS/c1-3-18(2,17-19-9-10-24-17)22-16(23)14-11-20-15(21-12-14)13-7-5-4-6-8-13/h4-12H,3H2,1-2H3,(H,22,23). The second-order valence-electron chi connectivity index (χ2n) is 5.64. The van der Waals surface area contributed by atoms with Gasteiger partial charge < -0.3 is 5.32 Å². The first-order valence-electron chi connectivity index (χ1n) is 7.72. The summed E-state index contributed by atoms with van der Waals surface area (Å²) in [5, 5.41) is 5.85. The van der Waals surface area contributed by atoms with E-state index < -0.39 is 5.54 Å². The molecule has 1 unspecified atom stereocenters. The van der Waals surface area contributed by atoms with Gasteiger partial charge in [-0.1, -0.05) is 37.3 Å². The molecule has 5 nitrogen and oxygen atoms in total. The average Bonchev–Trinajstić information content (AvgIpc) is 3.18. The van der Waals surface area contributed by atoms with Crippen molar-refractivity contribution in [3.63, 3.8) is 0 Å². The highest BCUT2D eigenvalue weighted by Gasteiger charge is 2.29. The fraction of sp³-hybridized carbons (Fsp3) is 0.222. The molecular formula is C18H18N4OS. The molecule has 0 radical (unpaired) electrons. The van der Waals surface area contributed by atoms with Crippen LogP contribution in [-0.4, -0.2) is 20.9 Å². The van der Waals surface area contributed by atoms with Crippen LogP contribution >= 0.6 is 11.3 Å². The smallest absolute Gasteiger partial charge is 0.255 e. The van der Waals surface area contributed by atoms with Gasteiger partial charge in [-0.3, -0.25) is 4.79 Å². The topological polar surface area (TPSA) is 67.8 Å². The summed E-state index contributed by atoms with van der Waals surface area (Å²) in [6, 6.07) is 9.67. The van der Waals surface area contributed by atoms with Crippen LogP contribution in [0.2, 0.25) is 0 Å². The van der Waals surface area contributed by atoms with Gasteiger partial charge >= 0.3 is 0 Å². The van der Waals surface area contributed by atoms with Crippen LogP contribution in [0.25, 0.3) is 11.4 Å². The van der Waals surface area contributed by atoms with Gasteiger partial charge in [-0.15, -0.1) is 11.3 Å². The van der Waals surface area contributed by atoms with Crippen LogP contribution in [0.5, 0.6) is 0 Å². The number of carbonyl (C=O) groups is 1. The average molecular weight is 338 g/mol. The molecule has 3 aromatic rings. The quantitative estimate of drug-likeness (QED) is 0.771. The van der Waals surface area contributed by atoms with Crippen molar-refractivity contribution >= 4 is 17.2 Å². The third-order valence-corrected chi connectivity index (χ3v) is 4.98. The van der Waals surface area contributed by atoms with E-state index in [1.54, 1.807) is 18.6 Å². The summed E-state index contributed by atoms with van der Waals surface area (Å²) >= 11 is 1.53. The number of amides is 1. The van der Waals surface area contributed by atoms with Gasteiger partial charge in [-0.05, 0) is 13.3 Å². The lowest BCUT2D eigenvalue weighted by atomic mass is 9.99. The zero-order valence-corrected chi connectivity index (χ0v) is 14.4. The van der Waals surface area contributed by atoms with Gasteiger partial charge in [-0.2, -0.15) is 0 Å². The molecular weight excluding hydrogens is 320 g/mol. The molecule has 2 aromatic heterocycles. The molecule has 1 amide bonds. The van der Waals surface area contributed by atoms with Crippen molar-refractivity contribution in [2.45, 2.75) is 25.8 Å². The van der Waals surface area contributed by atoms with Gasteiger partial charge in [0.1, 0.15) is 5.01 Å². The van der Waals surface area contributed by atoms with Gasteiger partial charge in [0, 0.05) is 29.5 Å². The van der Waals surface area contributed by atoms with Crippen molar-refractivity contribution in [1.29, 1.82) is 0 Å². The Bertz CT molecular complexity index is 803. The van der Waals surface area contributed by atoms with Gasteiger partial charge in [0.15, 0.2) is 5.82 Å². The normalized spacial score (nSPS) is 13.2. The van der Waals surface area contributed by atoms with E-state index in [0.29, 0.717) is 11.4 Å². The zero-order chi connectivity index (χ0) is 17.0. The Morgan fingerprint density at radius 2 is 1.88 bits per heavy atom. The molecule has 6 heteroatoms. The summed E-state index contributed by atoms with van der Waals surface area (Å²) in [6.45, 7) is 4.00. The Labute approximate surface area is 144 Å². The molecule has 0 bridgehead atoms. The third-order valence-electron chi connectivity index (χ3n) is 3.95. The first-order chi connectivity index (χ1) is 11.6. The zero-order valence-electron chi connectivity index (χ0n) is 13.6. The molecule has 24 heavy (non-hydrogen) atoms. The largest absolute Gasteiger partial charge is 0.340 e. The van der Waals surface area contributed by atoms with Crippen molar-refractivity contribution in [3.05, 3.63) is 64.9 Å². The van der Waals surface area contributed by atoms with Crippen molar-refractivity contribution in [2.24, 2.45) is 0 Å². The Morgan fingerprint density at radius 1 is 1.17 bits per heavy atom. The number of thiazole rings is 1. The fourth-order valence-corrected chi connectivity index (χ4v) is 3.12. The monoisotopic (exact) mass is 338 g/mol. The number of nitrogens with zero attached hydrogens (tertiary/aromatic N) is 3. The maximum Gasteiger partial charge on any atom is 0.255 e. The van der Waals surface area contributed by atoms with E-state index in [-0.39, 0.29) is 5.91 Å². The second-order valence-corrected chi connectivity index (χ2v) is 6.53. The SMILES string of the molecule is CCC(C)(NC(=O)c1cnc(-c2ccccc2)nc1)c1nccs1. The number of benzene rings is 1. The van der Waals surface area contributed by atoms with Gasteiger partial charge in [0.2, 0.25) is 0 Å². The number of rotatable bonds is 5. The maximum absolute atomic E-state index is 12.5. The minimum absolute atomic E-state index is 0.200. The van der Waals surface area contributed by atoms with E-state index in [0.717, 1.165) is 17.0 Å². The van der Waals surface area contributed by atoms with E-state index in [9.17, 15) is 4.79 Å². The molecule has 0 aliphatic carbocycles. The van der Waals surface area contributed by atoms with Crippen LogP contribution in [-0.2, 0) is 5.54 Å². The van der Waals surface area contributed by atoms with E-state index in [1.807, 2.05) is 49.6 Å². The lowest BCUT2D eigenvalue weighted by Crippen LogP contribution is -2.43. The van der Waals surface area contributed by atoms with Crippen LogP contribution in [0.3, 0.4) is 0 Å². The van der Waals surface area contributed by atoms with Crippen molar-refractivity contribution < 1.29 is 4.79 Å². The second kappa shape index (κ2) is 6.88. The predicted octanol–water partition coefficient (Wildman–Crippen LogP) is 3.66. The molecule has 122 valence electrons. The molecule has 0 aliphatic rings. The summed E-state index contributed by atoms with van der Waals surface area (Å²) < 4.78 is 0. The summed E-state index contributed by atoms with van der Waals surface area (Å²) in [4.78, 5) is 25.5. The number of nitrogens with one attached hydrogen (secondary N) is 1. The highest BCUT2D eigenvalue weighted by molar-refractivity contribution is 7.09. The van der Waals surface area contributed by atoms with Crippen LogP contribution in [0.15, 0.2) is 54.3 Å². The molecule has 1 aromatic carbocycles. The molecule has 0 saturated carbocycles. The van der Waals surface area contributed by atoms with Crippen LogP contribution < -0.4 is 5.32 Å². The van der Waals surface area contributed by atoms with Crippen LogP contribution in [0, 0.1) is 0 Å². The summed E-state index contributed by atoms with van der Waals surface area (Å²) in [5.74, 6) is 0.402. The first-order valence-corrected chi connectivity index (χ1v) is 8.60. The van der Waals surface area contributed by atoms with Gasteiger partial charge in [0.25, 0.3) is 5.91 Å². The first kappa shape index (κ1) is 16.3. The van der Waals surface area contributed by atoms with Crippen molar-refractivity contribution in [2.75, 3.05) is 0 Å². The van der Waals surface area contributed by atoms with Crippen LogP contribution in [0.4, 0.5) is 0 Å².